The van der Waals surface area contributed by atoms with Crippen LogP contribution in [0.5, 0.6) is 0 Å². The summed E-state index contributed by atoms with van der Waals surface area (Å²) in [5, 5.41) is 4.92. The standard InChI is InChI=1S/C11H18N4O2S2.HI/c1-14-7-5-12-11(14)13-6-8-15(2)19(16,17)10-4-3-9-18-10;/h3-4,9H,5-8H2,1-2H3,(H,12,13);1H. The van der Waals surface area contributed by atoms with Crippen molar-refractivity contribution in [3.63, 3.8) is 0 Å². The van der Waals surface area contributed by atoms with Gasteiger partial charge in [-0.15, -0.1) is 35.3 Å². The highest BCUT2D eigenvalue weighted by molar-refractivity contribution is 14.0. The summed E-state index contributed by atoms with van der Waals surface area (Å²) in [6.07, 6.45) is 0. The maximum Gasteiger partial charge on any atom is 0.252 e. The minimum atomic E-state index is -3.35. The summed E-state index contributed by atoms with van der Waals surface area (Å²) in [5.41, 5.74) is 0. The van der Waals surface area contributed by atoms with Crippen LogP contribution in [0.15, 0.2) is 26.7 Å². The molecule has 2 rings (SSSR count). The number of sulfonamides is 1. The van der Waals surface area contributed by atoms with Gasteiger partial charge < -0.3 is 10.2 Å². The Morgan fingerprint density at radius 1 is 1.55 bits per heavy atom. The molecule has 0 atom stereocenters. The second-order valence-electron chi connectivity index (χ2n) is 4.31. The number of likely N-dealkylation sites (N-methyl/N-ethyl adjacent to an activating group) is 2. The van der Waals surface area contributed by atoms with E-state index in [9.17, 15) is 8.42 Å². The molecule has 9 heteroatoms. The first-order valence-electron chi connectivity index (χ1n) is 6.01. The average molecular weight is 430 g/mol. The molecule has 0 unspecified atom stereocenters. The third kappa shape index (κ3) is 4.06. The molecule has 0 saturated carbocycles. The first-order chi connectivity index (χ1) is 9.01. The second kappa shape index (κ2) is 7.57. The first-order valence-corrected chi connectivity index (χ1v) is 8.33. The minimum absolute atomic E-state index is 0. The number of halogens is 1. The maximum absolute atomic E-state index is 12.2. The largest absolute Gasteiger partial charge is 0.355 e. The topological polar surface area (TPSA) is 65.0 Å². The van der Waals surface area contributed by atoms with Gasteiger partial charge in [-0.05, 0) is 11.4 Å². The lowest BCUT2D eigenvalue weighted by Crippen LogP contribution is -2.40. The van der Waals surface area contributed by atoms with Crippen LogP contribution in [0.25, 0.3) is 0 Å². The second-order valence-corrected chi connectivity index (χ2v) is 7.53. The normalized spacial score (nSPS) is 15.2. The SMILES string of the molecule is CN1CCN=C1NCCN(C)S(=O)(=O)c1cccs1.I. The number of hydrogen-bond donors (Lipinski definition) is 1. The number of thiophene rings is 1. The Labute approximate surface area is 140 Å². The third-order valence-corrected chi connectivity index (χ3v) is 6.16. The molecule has 6 nitrogen and oxygen atoms in total. The van der Waals surface area contributed by atoms with Gasteiger partial charge in [0.05, 0.1) is 6.54 Å². The monoisotopic (exact) mass is 430 g/mol. The van der Waals surface area contributed by atoms with Crippen LogP contribution in [0.3, 0.4) is 0 Å². The molecule has 0 radical (unpaired) electrons. The summed E-state index contributed by atoms with van der Waals surface area (Å²) in [6, 6.07) is 3.37. The molecule has 0 bridgehead atoms. The van der Waals surface area contributed by atoms with Gasteiger partial charge in [-0.25, -0.2) is 8.42 Å². The fourth-order valence-electron chi connectivity index (χ4n) is 1.73. The van der Waals surface area contributed by atoms with Crippen LogP contribution in [0.1, 0.15) is 0 Å². The lowest BCUT2D eigenvalue weighted by molar-refractivity contribution is 0.465. The van der Waals surface area contributed by atoms with Crippen LogP contribution >= 0.6 is 35.3 Å². The maximum atomic E-state index is 12.2. The lowest BCUT2D eigenvalue weighted by Gasteiger charge is -2.19. The van der Waals surface area contributed by atoms with Crippen molar-refractivity contribution < 1.29 is 8.42 Å². The summed E-state index contributed by atoms with van der Waals surface area (Å²) in [6.45, 7) is 2.66. The highest BCUT2D eigenvalue weighted by atomic mass is 127. The first kappa shape index (κ1) is 17.7. The molecule has 0 spiro atoms. The van der Waals surface area contributed by atoms with Gasteiger partial charge in [-0.3, -0.25) is 4.99 Å². The van der Waals surface area contributed by atoms with E-state index in [0.29, 0.717) is 17.3 Å². The van der Waals surface area contributed by atoms with Crippen molar-refractivity contribution in [3.05, 3.63) is 17.5 Å². The molecule has 0 aliphatic carbocycles. The minimum Gasteiger partial charge on any atom is -0.355 e. The Balaban J connectivity index is 0.00000200. The lowest BCUT2D eigenvalue weighted by atomic mass is 10.6. The Morgan fingerprint density at radius 3 is 2.85 bits per heavy atom. The van der Waals surface area contributed by atoms with Crippen LogP contribution in [-0.2, 0) is 10.0 Å². The number of nitrogens with one attached hydrogen (secondary N) is 1. The van der Waals surface area contributed by atoms with Crippen molar-refractivity contribution >= 4 is 51.3 Å². The Morgan fingerprint density at radius 2 is 2.30 bits per heavy atom. The molecule has 1 aromatic rings. The molecule has 114 valence electrons. The van der Waals surface area contributed by atoms with Crippen LogP contribution in [0, 0.1) is 0 Å². The van der Waals surface area contributed by atoms with E-state index in [0.717, 1.165) is 19.0 Å². The van der Waals surface area contributed by atoms with Gasteiger partial charge in [0.2, 0.25) is 0 Å². The van der Waals surface area contributed by atoms with Crippen molar-refractivity contribution in [3.8, 4) is 0 Å². The summed E-state index contributed by atoms with van der Waals surface area (Å²) in [5.74, 6) is 0.835. The fourth-order valence-corrected chi connectivity index (χ4v) is 4.11. The molecule has 1 aromatic heterocycles. The molecular formula is C11H19IN4O2S2. The van der Waals surface area contributed by atoms with Gasteiger partial charge in [-0.1, -0.05) is 6.07 Å². The number of nitrogens with zero attached hydrogens (tertiary/aromatic N) is 3. The van der Waals surface area contributed by atoms with Gasteiger partial charge in [0.15, 0.2) is 5.96 Å². The summed E-state index contributed by atoms with van der Waals surface area (Å²) < 4.78 is 26.0. The van der Waals surface area contributed by atoms with E-state index in [-0.39, 0.29) is 24.0 Å². The molecule has 0 amide bonds. The van der Waals surface area contributed by atoms with Crippen LogP contribution in [0.4, 0.5) is 0 Å². The van der Waals surface area contributed by atoms with Crippen molar-refractivity contribution in [1.82, 2.24) is 14.5 Å². The Hall–Kier alpha value is -0.390. The fraction of sp³-hybridized carbons (Fsp3) is 0.545. The molecule has 0 aromatic carbocycles. The highest BCUT2D eigenvalue weighted by Gasteiger charge is 2.21. The molecular weight excluding hydrogens is 411 g/mol. The van der Waals surface area contributed by atoms with E-state index in [1.54, 1.807) is 24.6 Å². The van der Waals surface area contributed by atoms with Gasteiger partial charge >= 0.3 is 0 Å². The molecule has 0 fully saturated rings. The number of aliphatic imine (C=N–C) groups is 1. The third-order valence-electron chi connectivity index (χ3n) is 2.93. The molecule has 1 aliphatic rings. The zero-order valence-corrected chi connectivity index (χ0v) is 15.4. The predicted octanol–water partition coefficient (Wildman–Crippen LogP) is 0.878. The summed E-state index contributed by atoms with van der Waals surface area (Å²) >= 11 is 1.24. The zero-order valence-electron chi connectivity index (χ0n) is 11.4. The number of guanidine groups is 1. The average Bonchev–Trinajstić information content (AvgIpc) is 3.01. The molecule has 1 N–H and O–H groups in total. The van der Waals surface area contributed by atoms with Gasteiger partial charge in [0.1, 0.15) is 4.21 Å². The summed E-state index contributed by atoms with van der Waals surface area (Å²) in [4.78, 5) is 6.31. The molecule has 2 heterocycles. The quantitative estimate of drug-likeness (QED) is 0.705. The van der Waals surface area contributed by atoms with Gasteiger partial charge in [-0.2, -0.15) is 4.31 Å². The Bertz CT molecular complexity index is 545. The van der Waals surface area contributed by atoms with E-state index in [4.69, 9.17) is 0 Å². The molecule has 1 aliphatic heterocycles. The van der Waals surface area contributed by atoms with E-state index in [2.05, 4.69) is 10.3 Å². The van der Waals surface area contributed by atoms with Crippen molar-refractivity contribution in [1.29, 1.82) is 0 Å². The van der Waals surface area contributed by atoms with E-state index in [1.165, 1.54) is 15.6 Å². The predicted molar refractivity (Wildman–Crippen MR) is 92.5 cm³/mol. The smallest absolute Gasteiger partial charge is 0.252 e. The number of rotatable bonds is 5. The van der Waals surface area contributed by atoms with Crippen LogP contribution < -0.4 is 5.32 Å². The van der Waals surface area contributed by atoms with Gasteiger partial charge in [0.25, 0.3) is 10.0 Å². The van der Waals surface area contributed by atoms with Crippen molar-refractivity contribution in [2.24, 2.45) is 4.99 Å². The van der Waals surface area contributed by atoms with Crippen LogP contribution in [-0.4, -0.2) is 63.9 Å². The van der Waals surface area contributed by atoms with Crippen LogP contribution in [0.2, 0.25) is 0 Å². The Kier molecular flexibility index (Phi) is 6.69. The molecule has 20 heavy (non-hydrogen) atoms. The van der Waals surface area contributed by atoms with Crippen molar-refractivity contribution in [2.75, 3.05) is 40.3 Å². The van der Waals surface area contributed by atoms with Gasteiger partial charge in [0, 0.05) is 33.7 Å². The highest BCUT2D eigenvalue weighted by Crippen LogP contribution is 2.19. The van der Waals surface area contributed by atoms with E-state index >= 15 is 0 Å². The number of hydrogen-bond acceptors (Lipinski definition) is 6. The molecule has 0 saturated heterocycles. The summed E-state index contributed by atoms with van der Waals surface area (Å²) in [7, 11) is 0.211. The van der Waals surface area contributed by atoms with E-state index < -0.39 is 10.0 Å². The van der Waals surface area contributed by atoms with Crippen molar-refractivity contribution in [2.45, 2.75) is 4.21 Å². The zero-order chi connectivity index (χ0) is 13.9. The van der Waals surface area contributed by atoms with E-state index in [1.807, 2.05) is 11.9 Å².